The maximum atomic E-state index is 13.2. The second kappa shape index (κ2) is 8.19. The Labute approximate surface area is 174 Å². The van der Waals surface area contributed by atoms with Crippen LogP contribution in [0.1, 0.15) is 17.2 Å². The molecular formula is C22H16F3N3O3. The van der Waals surface area contributed by atoms with Crippen LogP contribution in [0.25, 0.3) is 10.9 Å². The van der Waals surface area contributed by atoms with Crippen molar-refractivity contribution in [2.75, 3.05) is 6.61 Å². The van der Waals surface area contributed by atoms with Gasteiger partial charge in [0.15, 0.2) is 0 Å². The number of ether oxygens (including phenoxy) is 1. The third-order valence-corrected chi connectivity index (χ3v) is 4.76. The molecule has 31 heavy (non-hydrogen) atoms. The van der Waals surface area contributed by atoms with Crippen LogP contribution in [-0.2, 0) is 6.18 Å². The number of benzene rings is 2. The second-order valence-corrected chi connectivity index (χ2v) is 6.70. The summed E-state index contributed by atoms with van der Waals surface area (Å²) < 4.78 is 46.6. The molecule has 0 saturated carbocycles. The molecular weight excluding hydrogens is 411 g/mol. The lowest BCUT2D eigenvalue weighted by Gasteiger charge is -2.21. The molecule has 1 N–H and O–H groups in total. The summed E-state index contributed by atoms with van der Waals surface area (Å²) in [7, 11) is 0. The first-order valence-electron chi connectivity index (χ1n) is 9.25. The number of rotatable bonds is 5. The van der Waals surface area contributed by atoms with Crippen molar-refractivity contribution in [1.82, 2.24) is 14.5 Å². The molecule has 2 heterocycles. The van der Waals surface area contributed by atoms with Gasteiger partial charge >= 0.3 is 6.18 Å². The molecule has 0 fully saturated rings. The zero-order valence-corrected chi connectivity index (χ0v) is 16.0. The SMILES string of the molecule is O=c1ncn(C(CO)c2ccccc2)c2ccc(Oc3ncccc3C(F)(F)F)cc12. The van der Waals surface area contributed by atoms with Gasteiger partial charge in [0.1, 0.15) is 11.3 Å². The molecule has 2 aromatic heterocycles. The lowest BCUT2D eigenvalue weighted by molar-refractivity contribution is -0.138. The van der Waals surface area contributed by atoms with Gasteiger partial charge in [0.2, 0.25) is 5.88 Å². The predicted octanol–water partition coefficient (Wildman–Crippen LogP) is 4.18. The van der Waals surface area contributed by atoms with E-state index in [4.69, 9.17) is 4.74 Å². The maximum Gasteiger partial charge on any atom is 0.421 e. The highest BCUT2D eigenvalue weighted by Gasteiger charge is 2.35. The van der Waals surface area contributed by atoms with Gasteiger partial charge in [-0.25, -0.2) is 4.98 Å². The lowest BCUT2D eigenvalue weighted by atomic mass is 10.1. The van der Waals surface area contributed by atoms with Crippen LogP contribution in [-0.4, -0.2) is 26.2 Å². The maximum absolute atomic E-state index is 13.2. The van der Waals surface area contributed by atoms with Crippen LogP contribution in [0.15, 0.2) is 78.0 Å². The third kappa shape index (κ3) is 4.13. The largest absolute Gasteiger partial charge is 0.438 e. The number of pyridine rings is 1. The summed E-state index contributed by atoms with van der Waals surface area (Å²) in [6, 6.07) is 15.0. The summed E-state index contributed by atoms with van der Waals surface area (Å²) in [5.74, 6) is -0.607. The van der Waals surface area contributed by atoms with Crippen molar-refractivity contribution in [1.29, 1.82) is 0 Å². The van der Waals surface area contributed by atoms with Gasteiger partial charge < -0.3 is 14.4 Å². The summed E-state index contributed by atoms with van der Waals surface area (Å²) in [4.78, 5) is 19.9. The average Bonchev–Trinajstić information content (AvgIpc) is 2.76. The molecule has 0 saturated heterocycles. The Bertz CT molecular complexity index is 1270. The highest BCUT2D eigenvalue weighted by molar-refractivity contribution is 5.80. The standard InChI is InChI=1S/C22H16F3N3O3/c23-22(24,25)17-7-4-10-26-21(17)31-15-8-9-18-16(11-15)20(30)27-13-28(18)19(12-29)14-5-2-1-3-6-14/h1-11,13,19,29H,12H2. The topological polar surface area (TPSA) is 77.2 Å². The number of hydrogen-bond donors (Lipinski definition) is 1. The molecule has 158 valence electrons. The Morgan fingerprint density at radius 1 is 1.03 bits per heavy atom. The zero-order chi connectivity index (χ0) is 22.0. The first kappa shape index (κ1) is 20.5. The Kier molecular flexibility index (Phi) is 5.43. The summed E-state index contributed by atoms with van der Waals surface area (Å²) >= 11 is 0. The normalized spacial score (nSPS) is 12.6. The van der Waals surface area contributed by atoms with E-state index >= 15 is 0 Å². The monoisotopic (exact) mass is 427 g/mol. The molecule has 0 bridgehead atoms. The number of hydrogen-bond acceptors (Lipinski definition) is 5. The van der Waals surface area contributed by atoms with Crippen LogP contribution in [0.3, 0.4) is 0 Å². The van der Waals surface area contributed by atoms with Gasteiger partial charge in [-0.1, -0.05) is 30.3 Å². The second-order valence-electron chi connectivity index (χ2n) is 6.70. The quantitative estimate of drug-likeness (QED) is 0.517. The molecule has 6 nitrogen and oxygen atoms in total. The first-order chi connectivity index (χ1) is 14.9. The summed E-state index contributed by atoms with van der Waals surface area (Å²) in [5, 5.41) is 10.1. The summed E-state index contributed by atoms with van der Waals surface area (Å²) in [5.41, 5.74) is -0.339. The van der Waals surface area contributed by atoms with Crippen molar-refractivity contribution >= 4 is 10.9 Å². The van der Waals surface area contributed by atoms with Gasteiger partial charge in [-0.05, 0) is 35.9 Å². The van der Waals surface area contributed by atoms with E-state index in [1.165, 1.54) is 30.7 Å². The van der Waals surface area contributed by atoms with Gasteiger partial charge in [0.25, 0.3) is 5.56 Å². The van der Waals surface area contributed by atoms with E-state index < -0.39 is 29.2 Å². The minimum absolute atomic E-state index is 0.00797. The van der Waals surface area contributed by atoms with E-state index in [9.17, 15) is 23.1 Å². The fourth-order valence-corrected chi connectivity index (χ4v) is 3.30. The number of aliphatic hydroxyl groups excluding tert-OH is 1. The van der Waals surface area contributed by atoms with Crippen LogP contribution < -0.4 is 10.3 Å². The molecule has 1 unspecified atom stereocenters. The van der Waals surface area contributed by atoms with Crippen LogP contribution in [0.4, 0.5) is 13.2 Å². The van der Waals surface area contributed by atoms with Crippen LogP contribution in [0.2, 0.25) is 0 Å². The van der Waals surface area contributed by atoms with Crippen LogP contribution in [0, 0.1) is 0 Å². The molecule has 0 spiro atoms. The number of halogens is 3. The lowest BCUT2D eigenvalue weighted by Crippen LogP contribution is -2.20. The van der Waals surface area contributed by atoms with Crippen LogP contribution >= 0.6 is 0 Å². The molecule has 0 aliphatic heterocycles. The van der Waals surface area contributed by atoms with Gasteiger partial charge in [0.05, 0.1) is 29.9 Å². The fourth-order valence-electron chi connectivity index (χ4n) is 3.30. The van der Waals surface area contributed by atoms with E-state index in [0.29, 0.717) is 5.52 Å². The zero-order valence-electron chi connectivity index (χ0n) is 16.0. The molecule has 0 aliphatic rings. The van der Waals surface area contributed by atoms with Crippen molar-refractivity contribution in [2.24, 2.45) is 0 Å². The number of nitrogens with zero attached hydrogens (tertiary/aromatic N) is 3. The Morgan fingerprint density at radius 3 is 2.52 bits per heavy atom. The molecule has 4 aromatic rings. The molecule has 0 amide bonds. The summed E-state index contributed by atoms with van der Waals surface area (Å²) in [6.45, 7) is -0.245. The van der Waals surface area contributed by atoms with E-state index in [1.54, 1.807) is 4.57 Å². The van der Waals surface area contributed by atoms with E-state index in [0.717, 1.165) is 17.7 Å². The third-order valence-electron chi connectivity index (χ3n) is 4.76. The Balaban J connectivity index is 1.78. The minimum Gasteiger partial charge on any atom is -0.438 e. The minimum atomic E-state index is -4.64. The smallest absolute Gasteiger partial charge is 0.421 e. The van der Waals surface area contributed by atoms with Crippen molar-refractivity contribution in [3.05, 3.63) is 94.7 Å². The molecule has 0 aliphatic carbocycles. The summed E-state index contributed by atoms with van der Waals surface area (Å²) in [6.07, 6.45) is -2.12. The molecule has 1 atom stereocenters. The van der Waals surface area contributed by atoms with Gasteiger partial charge in [-0.15, -0.1) is 0 Å². The number of aliphatic hydroxyl groups is 1. The predicted molar refractivity (Wildman–Crippen MR) is 107 cm³/mol. The van der Waals surface area contributed by atoms with E-state index in [2.05, 4.69) is 9.97 Å². The van der Waals surface area contributed by atoms with Crippen molar-refractivity contribution in [2.45, 2.75) is 12.2 Å². The highest BCUT2D eigenvalue weighted by Crippen LogP contribution is 2.37. The molecule has 0 radical (unpaired) electrons. The highest BCUT2D eigenvalue weighted by atomic mass is 19.4. The van der Waals surface area contributed by atoms with Crippen molar-refractivity contribution in [3.63, 3.8) is 0 Å². The van der Waals surface area contributed by atoms with Gasteiger partial charge in [-0.3, -0.25) is 4.79 Å². The van der Waals surface area contributed by atoms with Gasteiger partial charge in [0, 0.05) is 6.20 Å². The van der Waals surface area contributed by atoms with E-state index in [-0.39, 0.29) is 17.7 Å². The first-order valence-corrected chi connectivity index (χ1v) is 9.25. The van der Waals surface area contributed by atoms with Gasteiger partial charge in [-0.2, -0.15) is 18.2 Å². The van der Waals surface area contributed by atoms with E-state index in [1.807, 2.05) is 30.3 Å². The molecule has 2 aromatic carbocycles. The van der Waals surface area contributed by atoms with Crippen LogP contribution in [0.5, 0.6) is 11.6 Å². The number of fused-ring (bicyclic) bond motifs is 1. The van der Waals surface area contributed by atoms with Crippen molar-refractivity contribution in [3.8, 4) is 11.6 Å². The Morgan fingerprint density at radius 2 is 1.81 bits per heavy atom. The number of alkyl halides is 3. The fraction of sp³-hybridized carbons (Fsp3) is 0.136. The van der Waals surface area contributed by atoms with Crippen molar-refractivity contribution < 1.29 is 23.0 Å². The average molecular weight is 427 g/mol. The number of aromatic nitrogens is 3. The molecule has 4 rings (SSSR count). The Hall–Kier alpha value is -3.72. The molecule has 9 heteroatoms.